The molecular weight excluding hydrogens is 432 g/mol. The summed E-state index contributed by atoms with van der Waals surface area (Å²) in [6.45, 7) is 18.2. The van der Waals surface area contributed by atoms with Crippen LogP contribution in [-0.4, -0.2) is 0 Å². The van der Waals surface area contributed by atoms with E-state index in [1.165, 1.54) is 60.8 Å². The number of hydrogen-bond donors (Lipinski definition) is 0. The van der Waals surface area contributed by atoms with E-state index in [4.69, 9.17) is 0 Å². The maximum atomic E-state index is 4.27. The molecule has 0 radical (unpaired) electrons. The van der Waals surface area contributed by atoms with E-state index in [1.54, 1.807) is 16.7 Å². The van der Waals surface area contributed by atoms with Gasteiger partial charge in [0.05, 0.1) is 0 Å². The molecule has 0 heteroatoms. The Hall–Kier alpha value is -2.34. The maximum absolute atomic E-state index is 4.27. The highest BCUT2D eigenvalue weighted by molar-refractivity contribution is 5.80. The second-order valence-corrected chi connectivity index (χ2v) is 13.0. The van der Waals surface area contributed by atoms with Gasteiger partial charge < -0.3 is 0 Å². The van der Waals surface area contributed by atoms with Crippen molar-refractivity contribution in [1.82, 2.24) is 0 Å². The first kappa shape index (κ1) is 26.7. The average molecular weight is 481 g/mol. The van der Waals surface area contributed by atoms with Gasteiger partial charge in [-0.05, 0) is 95.6 Å². The highest BCUT2D eigenvalue weighted by Gasteiger charge is 2.28. The van der Waals surface area contributed by atoms with Crippen molar-refractivity contribution in [1.29, 1.82) is 0 Å². The normalized spacial score (nSPS) is 17.8. The van der Waals surface area contributed by atoms with Crippen molar-refractivity contribution < 1.29 is 0 Å². The van der Waals surface area contributed by atoms with Gasteiger partial charge in [0, 0.05) is 0 Å². The number of rotatable bonds is 8. The molecule has 0 nitrogen and oxygen atoms in total. The third-order valence-electron chi connectivity index (χ3n) is 8.41. The molecule has 0 heterocycles. The number of allylic oxidation sites excluding steroid dienone is 5. The molecule has 1 fully saturated rings. The van der Waals surface area contributed by atoms with Crippen LogP contribution >= 0.6 is 0 Å². The minimum absolute atomic E-state index is 0.217. The smallest absolute Gasteiger partial charge is 0.00577 e. The van der Waals surface area contributed by atoms with Crippen molar-refractivity contribution in [2.75, 3.05) is 0 Å². The quantitative estimate of drug-likeness (QED) is 0.352. The second kappa shape index (κ2) is 11.4. The van der Waals surface area contributed by atoms with Crippen LogP contribution in [0, 0.1) is 17.3 Å². The summed E-state index contributed by atoms with van der Waals surface area (Å²) in [6.07, 6.45) is 15.4. The minimum atomic E-state index is 0.217. The van der Waals surface area contributed by atoms with Crippen molar-refractivity contribution in [2.45, 2.75) is 98.8 Å². The van der Waals surface area contributed by atoms with Gasteiger partial charge >= 0.3 is 0 Å². The van der Waals surface area contributed by atoms with Gasteiger partial charge in [0.2, 0.25) is 0 Å². The Morgan fingerprint density at radius 1 is 1.00 bits per heavy atom. The predicted octanol–water partition coefficient (Wildman–Crippen LogP) is 10.9. The largest absolute Gasteiger partial charge is 0.0955 e. The zero-order chi connectivity index (χ0) is 25.9. The van der Waals surface area contributed by atoms with Crippen molar-refractivity contribution in [3.05, 3.63) is 89.0 Å². The molecule has 192 valence electrons. The van der Waals surface area contributed by atoms with Crippen molar-refractivity contribution >= 4 is 5.57 Å². The minimum Gasteiger partial charge on any atom is -0.0955 e. The van der Waals surface area contributed by atoms with Gasteiger partial charge in [0.15, 0.2) is 0 Å². The molecule has 2 aliphatic carbocycles. The van der Waals surface area contributed by atoms with E-state index in [-0.39, 0.29) is 5.41 Å². The zero-order valence-electron chi connectivity index (χ0n) is 23.8. The molecule has 0 spiro atoms. The SMILES string of the molecule is C=C(C)c1ccccc1-c1ccc(C(CC(C)C)C2CCCCC2)c(CC2=CC(C(C)(C)C)=CC2)c1. The average Bonchev–Trinajstić information content (AvgIpc) is 3.32. The molecule has 0 saturated heterocycles. The summed E-state index contributed by atoms with van der Waals surface area (Å²) in [7, 11) is 0. The van der Waals surface area contributed by atoms with Crippen molar-refractivity contribution in [2.24, 2.45) is 17.3 Å². The first-order valence-corrected chi connectivity index (χ1v) is 14.4. The Labute approximate surface area is 221 Å². The molecule has 1 saturated carbocycles. The van der Waals surface area contributed by atoms with Gasteiger partial charge in [-0.2, -0.15) is 0 Å². The van der Waals surface area contributed by atoms with Gasteiger partial charge in [0.1, 0.15) is 0 Å². The molecule has 0 aromatic heterocycles. The van der Waals surface area contributed by atoms with E-state index in [0.717, 1.165) is 24.3 Å². The first-order valence-electron chi connectivity index (χ1n) is 14.4. The molecule has 36 heavy (non-hydrogen) atoms. The van der Waals surface area contributed by atoms with Crippen LogP contribution in [0.3, 0.4) is 0 Å². The Bertz CT molecular complexity index is 1120. The molecule has 0 N–H and O–H groups in total. The summed E-state index contributed by atoms with van der Waals surface area (Å²) in [5.41, 5.74) is 11.5. The number of benzene rings is 2. The number of hydrogen-bond acceptors (Lipinski definition) is 0. The van der Waals surface area contributed by atoms with Crippen molar-refractivity contribution in [3.63, 3.8) is 0 Å². The van der Waals surface area contributed by atoms with E-state index in [1.807, 2.05) is 0 Å². The third-order valence-corrected chi connectivity index (χ3v) is 8.41. The molecule has 4 rings (SSSR count). The molecule has 1 unspecified atom stereocenters. The van der Waals surface area contributed by atoms with Crippen LogP contribution in [-0.2, 0) is 6.42 Å². The topological polar surface area (TPSA) is 0 Å². The lowest BCUT2D eigenvalue weighted by Gasteiger charge is -2.33. The van der Waals surface area contributed by atoms with Gasteiger partial charge in [-0.25, -0.2) is 0 Å². The Morgan fingerprint density at radius 2 is 1.72 bits per heavy atom. The summed E-state index contributed by atoms with van der Waals surface area (Å²) in [5, 5.41) is 0. The zero-order valence-corrected chi connectivity index (χ0v) is 23.8. The lowest BCUT2D eigenvalue weighted by molar-refractivity contribution is 0.276. The van der Waals surface area contributed by atoms with E-state index >= 15 is 0 Å². The summed E-state index contributed by atoms with van der Waals surface area (Å²) in [5.74, 6) is 2.21. The van der Waals surface area contributed by atoms with Gasteiger partial charge in [0.25, 0.3) is 0 Å². The second-order valence-electron chi connectivity index (χ2n) is 13.0. The lowest BCUT2D eigenvalue weighted by Crippen LogP contribution is -2.19. The molecule has 0 aliphatic heterocycles. The molecule has 1 atom stereocenters. The maximum Gasteiger partial charge on any atom is -0.00577 e. The van der Waals surface area contributed by atoms with Gasteiger partial charge in [-0.3, -0.25) is 0 Å². The summed E-state index contributed by atoms with van der Waals surface area (Å²) in [4.78, 5) is 0. The molecule has 2 aromatic carbocycles. The summed E-state index contributed by atoms with van der Waals surface area (Å²) in [6, 6.07) is 16.2. The molecular formula is C36H48. The molecule has 2 aliphatic rings. The monoisotopic (exact) mass is 480 g/mol. The molecule has 0 bridgehead atoms. The van der Waals surface area contributed by atoms with Crippen LogP contribution in [0.1, 0.15) is 109 Å². The Kier molecular flexibility index (Phi) is 8.44. The van der Waals surface area contributed by atoms with Gasteiger partial charge in [-0.15, -0.1) is 0 Å². The van der Waals surface area contributed by atoms with E-state index in [9.17, 15) is 0 Å². The van der Waals surface area contributed by atoms with Gasteiger partial charge in [-0.1, -0.05) is 126 Å². The Morgan fingerprint density at radius 3 is 2.36 bits per heavy atom. The standard InChI is InChI=1S/C36H48/c1-25(2)21-35(28-13-9-8-10-14-28)34-20-18-29(33-16-12-11-15-32(33)26(3)4)24-30(34)22-27-17-19-31(23-27)36(5,6)7/h11-12,15-16,18-20,23-25,28,35H,3,8-10,13-14,17,21-22H2,1-2,4-7H3. The fourth-order valence-corrected chi connectivity index (χ4v) is 6.48. The van der Waals surface area contributed by atoms with Crippen LogP contribution < -0.4 is 0 Å². The molecule has 2 aromatic rings. The van der Waals surface area contributed by atoms with E-state index in [0.29, 0.717) is 11.8 Å². The molecule has 0 amide bonds. The van der Waals surface area contributed by atoms with Crippen LogP contribution in [0.5, 0.6) is 0 Å². The van der Waals surface area contributed by atoms with Crippen LogP contribution in [0.15, 0.2) is 72.3 Å². The van der Waals surface area contributed by atoms with E-state index in [2.05, 4.69) is 103 Å². The Balaban J connectivity index is 1.78. The van der Waals surface area contributed by atoms with Crippen LogP contribution in [0.2, 0.25) is 0 Å². The fraction of sp³-hybridized carbons (Fsp3) is 0.500. The predicted molar refractivity (Wildman–Crippen MR) is 159 cm³/mol. The van der Waals surface area contributed by atoms with Crippen LogP contribution in [0.4, 0.5) is 0 Å². The lowest BCUT2D eigenvalue weighted by atomic mass is 9.71. The highest BCUT2D eigenvalue weighted by Crippen LogP contribution is 2.43. The van der Waals surface area contributed by atoms with Crippen LogP contribution in [0.25, 0.3) is 16.7 Å². The third kappa shape index (κ3) is 6.31. The van der Waals surface area contributed by atoms with Crippen molar-refractivity contribution in [3.8, 4) is 11.1 Å². The first-order chi connectivity index (χ1) is 17.1. The van der Waals surface area contributed by atoms with E-state index < -0.39 is 0 Å². The fourth-order valence-electron chi connectivity index (χ4n) is 6.48. The highest BCUT2D eigenvalue weighted by atomic mass is 14.3. The summed E-state index contributed by atoms with van der Waals surface area (Å²) >= 11 is 0. The summed E-state index contributed by atoms with van der Waals surface area (Å²) < 4.78 is 0.